The number of benzene rings is 1. The number of phenols is 1. The van der Waals surface area contributed by atoms with E-state index in [9.17, 15) is 14.7 Å². The molecule has 0 aliphatic rings. The molecular weight excluding hydrogens is 272 g/mol. The second-order valence-corrected chi connectivity index (χ2v) is 4.12. The molecule has 1 rings (SSSR count). The molecule has 1 aromatic rings. The summed E-state index contributed by atoms with van der Waals surface area (Å²) in [5.41, 5.74) is 1.08. The van der Waals surface area contributed by atoms with Crippen molar-refractivity contribution in [1.29, 1.82) is 0 Å². The number of methoxy groups -OCH3 is 1. The molecule has 112 valence electrons. The van der Waals surface area contributed by atoms with Crippen molar-refractivity contribution in [2.45, 2.75) is 13.3 Å². The maximum atomic E-state index is 11.6. The normalized spacial score (nSPS) is 11.4. The average molecular weight is 290 g/mol. The van der Waals surface area contributed by atoms with Crippen molar-refractivity contribution < 1.29 is 24.2 Å². The van der Waals surface area contributed by atoms with Crippen molar-refractivity contribution in [3.8, 4) is 5.75 Å². The molecule has 0 aliphatic heterocycles. The van der Waals surface area contributed by atoms with E-state index in [1.165, 1.54) is 25.3 Å². The van der Waals surface area contributed by atoms with Crippen LogP contribution in [0.4, 0.5) is 0 Å². The quantitative estimate of drug-likeness (QED) is 0.495. The zero-order valence-corrected chi connectivity index (χ0v) is 12.0. The van der Waals surface area contributed by atoms with Gasteiger partial charge in [-0.3, -0.25) is 4.79 Å². The zero-order valence-electron chi connectivity index (χ0n) is 12.0. The highest BCUT2D eigenvalue weighted by Crippen LogP contribution is 2.21. The maximum absolute atomic E-state index is 11.6. The van der Waals surface area contributed by atoms with Crippen molar-refractivity contribution in [1.82, 2.24) is 0 Å². The number of hydrogen-bond donors (Lipinski definition) is 1. The highest BCUT2D eigenvalue weighted by molar-refractivity contribution is 5.84. The fraction of sp³-hybridized carbons (Fsp3) is 0.250. The van der Waals surface area contributed by atoms with Crippen LogP contribution >= 0.6 is 0 Å². The Bertz CT molecular complexity index is 558. The van der Waals surface area contributed by atoms with E-state index >= 15 is 0 Å². The zero-order chi connectivity index (χ0) is 15.7. The molecule has 0 aliphatic carbocycles. The summed E-state index contributed by atoms with van der Waals surface area (Å²) in [6.07, 6.45) is 4.29. The summed E-state index contributed by atoms with van der Waals surface area (Å²) < 4.78 is 9.39. The minimum absolute atomic E-state index is 0.00430. The van der Waals surface area contributed by atoms with Crippen molar-refractivity contribution in [2.24, 2.45) is 0 Å². The van der Waals surface area contributed by atoms with Gasteiger partial charge in [-0.1, -0.05) is 24.3 Å². The number of rotatable bonds is 6. The first kappa shape index (κ1) is 16.5. The predicted molar refractivity (Wildman–Crippen MR) is 78.5 cm³/mol. The smallest absolute Gasteiger partial charge is 0.330 e. The molecule has 0 atom stereocenters. The number of hydrogen-bond acceptors (Lipinski definition) is 5. The van der Waals surface area contributed by atoms with Crippen LogP contribution < -0.4 is 0 Å². The van der Waals surface area contributed by atoms with Gasteiger partial charge in [0.05, 0.1) is 20.1 Å². The topological polar surface area (TPSA) is 72.8 Å². The molecule has 21 heavy (non-hydrogen) atoms. The maximum Gasteiger partial charge on any atom is 0.330 e. The second-order valence-electron chi connectivity index (χ2n) is 4.12. The first-order valence-corrected chi connectivity index (χ1v) is 6.47. The van der Waals surface area contributed by atoms with Crippen LogP contribution in [0.25, 0.3) is 6.08 Å². The van der Waals surface area contributed by atoms with Crippen LogP contribution in [0, 0.1) is 0 Å². The lowest BCUT2D eigenvalue weighted by Crippen LogP contribution is -2.04. The van der Waals surface area contributed by atoms with Crippen molar-refractivity contribution in [3.63, 3.8) is 0 Å². The molecule has 5 nitrogen and oxygen atoms in total. The molecule has 0 saturated carbocycles. The number of aromatic hydroxyl groups is 1. The molecule has 0 unspecified atom stereocenters. The molecule has 0 aromatic heterocycles. The third kappa shape index (κ3) is 5.95. The van der Waals surface area contributed by atoms with Crippen molar-refractivity contribution in [3.05, 3.63) is 47.6 Å². The van der Waals surface area contributed by atoms with Crippen molar-refractivity contribution >= 4 is 18.0 Å². The molecule has 0 heterocycles. The standard InChI is InChI=1S/C16H18O5/c1-3-21-16(19)11-12(8-9-15(18)20-2)10-13-6-4-5-7-14(13)17/h4-10,17H,3,11H2,1-2H3/b9-8+,12-10-. The van der Waals surface area contributed by atoms with Crippen LogP contribution in [0.5, 0.6) is 5.75 Å². The van der Waals surface area contributed by atoms with E-state index in [1.807, 2.05) is 0 Å². The third-order valence-corrected chi connectivity index (χ3v) is 2.57. The minimum Gasteiger partial charge on any atom is -0.507 e. The van der Waals surface area contributed by atoms with Gasteiger partial charge in [-0.05, 0) is 24.6 Å². The van der Waals surface area contributed by atoms with Gasteiger partial charge in [0.15, 0.2) is 0 Å². The van der Waals surface area contributed by atoms with Crippen molar-refractivity contribution in [2.75, 3.05) is 13.7 Å². The molecule has 1 aromatic carbocycles. The number of ether oxygens (including phenoxy) is 2. The molecular formula is C16H18O5. The molecule has 0 amide bonds. The van der Waals surface area contributed by atoms with E-state index in [4.69, 9.17) is 4.74 Å². The average Bonchev–Trinajstić information content (AvgIpc) is 2.47. The summed E-state index contributed by atoms with van der Waals surface area (Å²) in [5.74, 6) is -0.846. The van der Waals surface area contributed by atoms with Gasteiger partial charge in [0, 0.05) is 11.6 Å². The Balaban J connectivity index is 3.00. The van der Waals surface area contributed by atoms with Crippen LogP contribution in [-0.4, -0.2) is 30.8 Å². The van der Waals surface area contributed by atoms with E-state index in [-0.39, 0.29) is 18.8 Å². The van der Waals surface area contributed by atoms with E-state index in [0.29, 0.717) is 11.1 Å². The lowest BCUT2D eigenvalue weighted by Gasteiger charge is -2.04. The Morgan fingerprint density at radius 1 is 1.24 bits per heavy atom. The van der Waals surface area contributed by atoms with Gasteiger partial charge >= 0.3 is 11.9 Å². The molecule has 0 fully saturated rings. The van der Waals surface area contributed by atoms with E-state index < -0.39 is 11.9 Å². The highest BCUT2D eigenvalue weighted by Gasteiger charge is 2.07. The lowest BCUT2D eigenvalue weighted by atomic mass is 10.1. The summed E-state index contributed by atoms with van der Waals surface area (Å²) in [6, 6.07) is 6.70. The number of phenolic OH excluding ortho intramolecular Hbond substituents is 1. The number of carbonyl (C=O) groups excluding carboxylic acids is 2. The van der Waals surface area contributed by atoms with Gasteiger partial charge < -0.3 is 14.6 Å². The Hall–Kier alpha value is -2.56. The van der Waals surface area contributed by atoms with Gasteiger partial charge in [-0.15, -0.1) is 0 Å². The number of para-hydroxylation sites is 1. The van der Waals surface area contributed by atoms with Gasteiger partial charge in [-0.25, -0.2) is 4.79 Å². The van der Waals surface area contributed by atoms with Crippen LogP contribution in [-0.2, 0) is 19.1 Å². The molecule has 1 N–H and O–H groups in total. The van der Waals surface area contributed by atoms with Crippen LogP contribution in [0.2, 0.25) is 0 Å². The lowest BCUT2D eigenvalue weighted by molar-refractivity contribution is -0.142. The monoisotopic (exact) mass is 290 g/mol. The molecule has 0 spiro atoms. The summed E-state index contributed by atoms with van der Waals surface area (Å²) in [5, 5.41) is 9.74. The largest absolute Gasteiger partial charge is 0.507 e. The fourth-order valence-electron chi connectivity index (χ4n) is 1.59. The second kappa shape index (κ2) is 8.58. The fourth-order valence-corrected chi connectivity index (χ4v) is 1.59. The molecule has 0 bridgehead atoms. The van der Waals surface area contributed by atoms with Crippen LogP contribution in [0.15, 0.2) is 42.0 Å². The summed E-state index contributed by atoms with van der Waals surface area (Å²) in [7, 11) is 1.27. The van der Waals surface area contributed by atoms with Gasteiger partial charge in [-0.2, -0.15) is 0 Å². The first-order valence-electron chi connectivity index (χ1n) is 6.47. The van der Waals surface area contributed by atoms with Gasteiger partial charge in [0.2, 0.25) is 0 Å². The predicted octanol–water partition coefficient (Wildman–Crippen LogP) is 2.46. The molecule has 0 saturated heterocycles. The highest BCUT2D eigenvalue weighted by atomic mass is 16.5. The number of allylic oxidation sites excluding steroid dienone is 1. The Kier molecular flexibility index (Phi) is 6.74. The molecule has 0 radical (unpaired) electrons. The third-order valence-electron chi connectivity index (χ3n) is 2.57. The summed E-state index contributed by atoms with van der Waals surface area (Å²) >= 11 is 0. The minimum atomic E-state index is -0.526. The van der Waals surface area contributed by atoms with Gasteiger partial charge in [0.25, 0.3) is 0 Å². The van der Waals surface area contributed by atoms with Crippen LogP contribution in [0.1, 0.15) is 18.9 Å². The summed E-state index contributed by atoms with van der Waals surface area (Å²) in [4.78, 5) is 22.7. The first-order chi connectivity index (χ1) is 10.1. The Morgan fingerprint density at radius 2 is 1.95 bits per heavy atom. The Morgan fingerprint density at radius 3 is 2.57 bits per heavy atom. The SMILES string of the molecule is CCOC(=O)CC(/C=C/C(=O)OC)=C\c1ccccc1O. The van der Waals surface area contributed by atoms with E-state index in [2.05, 4.69) is 4.74 Å². The van der Waals surface area contributed by atoms with Crippen LogP contribution in [0.3, 0.4) is 0 Å². The Labute approximate surface area is 123 Å². The van der Waals surface area contributed by atoms with E-state index in [0.717, 1.165) is 0 Å². The molecule has 5 heteroatoms. The van der Waals surface area contributed by atoms with E-state index in [1.54, 1.807) is 31.2 Å². The number of carbonyl (C=O) groups is 2. The number of esters is 2. The summed E-state index contributed by atoms with van der Waals surface area (Å²) in [6.45, 7) is 2.00. The van der Waals surface area contributed by atoms with Gasteiger partial charge in [0.1, 0.15) is 5.75 Å².